The Morgan fingerprint density at radius 3 is 2.80 bits per heavy atom. The Hall–Kier alpha value is -1.97. The van der Waals surface area contributed by atoms with Crippen molar-refractivity contribution in [2.75, 3.05) is 0 Å². The van der Waals surface area contributed by atoms with E-state index in [1.165, 1.54) is 0 Å². The summed E-state index contributed by atoms with van der Waals surface area (Å²) in [6.45, 7) is 3.64. The summed E-state index contributed by atoms with van der Waals surface area (Å²) in [6.07, 6.45) is 3.38. The van der Waals surface area contributed by atoms with Crippen LogP contribution in [0.4, 0.5) is 0 Å². The summed E-state index contributed by atoms with van der Waals surface area (Å²) in [4.78, 5) is 19.6. The number of fused-ring (bicyclic) bond motifs is 1. The molecule has 2 aromatic rings. The highest BCUT2D eigenvalue weighted by atomic mass is 16.1. The molecule has 4 nitrogen and oxygen atoms in total. The number of hydrogen-bond donors (Lipinski definition) is 1. The van der Waals surface area contributed by atoms with E-state index in [1.54, 1.807) is 19.3 Å². The number of nitrogens with two attached hydrogens (primary N) is 1. The van der Waals surface area contributed by atoms with E-state index in [9.17, 15) is 4.79 Å². The van der Waals surface area contributed by atoms with Crippen molar-refractivity contribution < 1.29 is 4.79 Å². The van der Waals surface area contributed by atoms with Crippen LogP contribution in [0.5, 0.6) is 0 Å². The summed E-state index contributed by atoms with van der Waals surface area (Å²) in [5.41, 5.74) is 8.15. The maximum atomic E-state index is 11.2. The minimum atomic E-state index is -0.441. The standard InChI is InChI=1S/C11H11N3O/c1-6-8-5-13-4-3-9(8)14-7(2)10(6)11(12)15/h3-5H,1-2H3,(H2,12,15). The molecule has 4 heteroatoms. The van der Waals surface area contributed by atoms with Crippen molar-refractivity contribution in [3.63, 3.8) is 0 Å². The third kappa shape index (κ3) is 1.44. The van der Waals surface area contributed by atoms with Crippen LogP contribution in [-0.2, 0) is 0 Å². The van der Waals surface area contributed by atoms with Crippen molar-refractivity contribution >= 4 is 16.8 Å². The van der Waals surface area contributed by atoms with Crippen LogP contribution in [0.15, 0.2) is 18.5 Å². The summed E-state index contributed by atoms with van der Waals surface area (Å²) >= 11 is 0. The molecule has 0 atom stereocenters. The van der Waals surface area contributed by atoms with Crippen LogP contribution in [0, 0.1) is 13.8 Å². The predicted octanol–water partition coefficient (Wildman–Crippen LogP) is 1.35. The zero-order chi connectivity index (χ0) is 11.0. The molecule has 76 valence electrons. The molecule has 0 aliphatic rings. The molecule has 2 rings (SSSR count). The number of aromatic nitrogens is 2. The highest BCUT2D eigenvalue weighted by molar-refractivity contribution is 6.00. The van der Waals surface area contributed by atoms with E-state index in [2.05, 4.69) is 9.97 Å². The van der Waals surface area contributed by atoms with Crippen LogP contribution >= 0.6 is 0 Å². The fourth-order valence-corrected chi connectivity index (χ4v) is 1.78. The lowest BCUT2D eigenvalue weighted by molar-refractivity contribution is 0.0999. The molecule has 2 heterocycles. The Morgan fingerprint density at radius 1 is 1.40 bits per heavy atom. The summed E-state index contributed by atoms with van der Waals surface area (Å²) < 4.78 is 0. The lowest BCUT2D eigenvalue weighted by Gasteiger charge is -2.08. The van der Waals surface area contributed by atoms with Gasteiger partial charge in [-0.05, 0) is 25.5 Å². The van der Waals surface area contributed by atoms with Crippen molar-refractivity contribution in [1.82, 2.24) is 9.97 Å². The number of aryl methyl sites for hydroxylation is 2. The van der Waals surface area contributed by atoms with Crippen LogP contribution in [0.3, 0.4) is 0 Å². The van der Waals surface area contributed by atoms with E-state index in [4.69, 9.17) is 5.73 Å². The molecule has 1 amide bonds. The Labute approximate surface area is 87.1 Å². The second-order valence-electron chi connectivity index (χ2n) is 3.45. The van der Waals surface area contributed by atoms with Gasteiger partial charge in [-0.25, -0.2) is 0 Å². The van der Waals surface area contributed by atoms with Gasteiger partial charge in [-0.1, -0.05) is 0 Å². The van der Waals surface area contributed by atoms with Gasteiger partial charge in [-0.15, -0.1) is 0 Å². The van der Waals surface area contributed by atoms with Crippen molar-refractivity contribution in [3.8, 4) is 0 Å². The normalized spacial score (nSPS) is 10.5. The maximum absolute atomic E-state index is 11.2. The topological polar surface area (TPSA) is 68.9 Å². The van der Waals surface area contributed by atoms with Gasteiger partial charge in [0.2, 0.25) is 0 Å². The van der Waals surface area contributed by atoms with E-state index in [1.807, 2.05) is 13.0 Å². The molecule has 0 bridgehead atoms. The van der Waals surface area contributed by atoms with Gasteiger partial charge < -0.3 is 5.73 Å². The molecular weight excluding hydrogens is 190 g/mol. The SMILES string of the molecule is Cc1nc2ccncc2c(C)c1C(N)=O. The first-order valence-corrected chi connectivity index (χ1v) is 4.62. The molecule has 0 aliphatic heterocycles. The van der Waals surface area contributed by atoms with E-state index in [0.29, 0.717) is 11.3 Å². The number of carbonyl (C=O) groups is 1. The number of amides is 1. The summed E-state index contributed by atoms with van der Waals surface area (Å²) in [7, 11) is 0. The van der Waals surface area contributed by atoms with E-state index < -0.39 is 5.91 Å². The minimum Gasteiger partial charge on any atom is -0.366 e. The summed E-state index contributed by atoms with van der Waals surface area (Å²) in [5, 5.41) is 0.872. The first kappa shape index (κ1) is 9.58. The van der Waals surface area contributed by atoms with Crippen molar-refractivity contribution in [2.24, 2.45) is 5.73 Å². The predicted molar refractivity (Wildman–Crippen MR) is 57.5 cm³/mol. The number of pyridine rings is 2. The van der Waals surface area contributed by atoms with Crippen LogP contribution in [0.25, 0.3) is 10.9 Å². The number of rotatable bonds is 1. The lowest BCUT2D eigenvalue weighted by atomic mass is 10.0. The Morgan fingerprint density at radius 2 is 2.13 bits per heavy atom. The van der Waals surface area contributed by atoms with Gasteiger partial charge in [0.15, 0.2) is 0 Å². The second-order valence-corrected chi connectivity index (χ2v) is 3.45. The zero-order valence-electron chi connectivity index (χ0n) is 8.61. The molecule has 0 fully saturated rings. The van der Waals surface area contributed by atoms with Gasteiger partial charge in [0, 0.05) is 17.8 Å². The van der Waals surface area contributed by atoms with Crippen LogP contribution < -0.4 is 5.73 Å². The highest BCUT2D eigenvalue weighted by Gasteiger charge is 2.13. The molecule has 0 saturated carbocycles. The minimum absolute atomic E-state index is 0.441. The average molecular weight is 201 g/mol. The monoisotopic (exact) mass is 201 g/mol. The van der Waals surface area contributed by atoms with Crippen molar-refractivity contribution in [3.05, 3.63) is 35.3 Å². The maximum Gasteiger partial charge on any atom is 0.250 e. The average Bonchev–Trinajstić information content (AvgIpc) is 2.17. The molecule has 15 heavy (non-hydrogen) atoms. The third-order valence-corrected chi connectivity index (χ3v) is 2.47. The summed E-state index contributed by atoms with van der Waals surface area (Å²) in [6, 6.07) is 1.82. The fraction of sp³-hybridized carbons (Fsp3) is 0.182. The number of primary amides is 1. The Kier molecular flexibility index (Phi) is 2.11. The molecule has 0 aliphatic carbocycles. The molecule has 0 saturated heterocycles. The van der Waals surface area contributed by atoms with Gasteiger partial charge in [0.1, 0.15) is 0 Å². The van der Waals surface area contributed by atoms with E-state index >= 15 is 0 Å². The van der Waals surface area contributed by atoms with Gasteiger partial charge >= 0.3 is 0 Å². The third-order valence-electron chi connectivity index (χ3n) is 2.47. The molecule has 0 unspecified atom stereocenters. The Balaban J connectivity index is 2.90. The smallest absolute Gasteiger partial charge is 0.250 e. The number of carbonyl (C=O) groups excluding carboxylic acids is 1. The molecule has 2 aromatic heterocycles. The lowest BCUT2D eigenvalue weighted by Crippen LogP contribution is -2.15. The largest absolute Gasteiger partial charge is 0.366 e. The quantitative estimate of drug-likeness (QED) is 0.757. The van der Waals surface area contributed by atoms with Gasteiger partial charge in [-0.2, -0.15) is 0 Å². The van der Waals surface area contributed by atoms with E-state index in [-0.39, 0.29) is 0 Å². The van der Waals surface area contributed by atoms with Gasteiger partial charge in [0.25, 0.3) is 5.91 Å². The first-order valence-electron chi connectivity index (χ1n) is 4.62. The van der Waals surface area contributed by atoms with Crippen LogP contribution in [0.1, 0.15) is 21.6 Å². The van der Waals surface area contributed by atoms with Crippen LogP contribution in [-0.4, -0.2) is 15.9 Å². The molecular formula is C11H11N3O. The highest BCUT2D eigenvalue weighted by Crippen LogP contribution is 2.20. The van der Waals surface area contributed by atoms with E-state index in [0.717, 1.165) is 16.5 Å². The van der Waals surface area contributed by atoms with Gasteiger partial charge in [-0.3, -0.25) is 14.8 Å². The number of nitrogens with zero attached hydrogens (tertiary/aromatic N) is 2. The zero-order valence-corrected chi connectivity index (χ0v) is 8.61. The van der Waals surface area contributed by atoms with Crippen molar-refractivity contribution in [2.45, 2.75) is 13.8 Å². The van der Waals surface area contributed by atoms with Gasteiger partial charge in [0.05, 0.1) is 16.8 Å². The second kappa shape index (κ2) is 3.31. The summed E-state index contributed by atoms with van der Waals surface area (Å²) in [5.74, 6) is -0.441. The first-order chi connectivity index (χ1) is 7.11. The fourth-order valence-electron chi connectivity index (χ4n) is 1.78. The molecule has 0 spiro atoms. The van der Waals surface area contributed by atoms with Crippen molar-refractivity contribution in [1.29, 1.82) is 0 Å². The van der Waals surface area contributed by atoms with Crippen LogP contribution in [0.2, 0.25) is 0 Å². The number of hydrogen-bond acceptors (Lipinski definition) is 3. The molecule has 0 aromatic carbocycles. The molecule has 0 radical (unpaired) electrons. The Bertz CT molecular complexity index is 549. The molecule has 2 N–H and O–H groups in total.